The van der Waals surface area contributed by atoms with E-state index in [1.54, 1.807) is 95.8 Å². The van der Waals surface area contributed by atoms with Crippen LogP contribution in [-0.4, -0.2) is 181 Å². The van der Waals surface area contributed by atoms with Crippen LogP contribution in [0.1, 0.15) is 54.1 Å². The Bertz CT molecular complexity index is 5460. The zero-order valence-corrected chi connectivity index (χ0v) is 64.6. The normalized spacial score (nSPS) is 16.4. The Morgan fingerprint density at radius 3 is 1.21 bits per heavy atom. The Morgan fingerprint density at radius 2 is 0.835 bits per heavy atom. The summed E-state index contributed by atoms with van der Waals surface area (Å²) in [4.78, 5) is 121. The fourth-order valence-electron chi connectivity index (χ4n) is 15.3. The summed E-state index contributed by atoms with van der Waals surface area (Å²) in [6.07, 6.45) is 13.2. The Balaban J connectivity index is 0.000000130. The molecule has 3 unspecified atom stereocenters. The second-order valence-electron chi connectivity index (χ2n) is 28.7. The van der Waals surface area contributed by atoms with Crippen LogP contribution in [0, 0.1) is 39.3 Å². The number of amides is 3. The van der Waals surface area contributed by atoms with Crippen LogP contribution in [0.3, 0.4) is 0 Å². The number of nitrogens with one attached hydrogen (secondary N) is 3. The smallest absolute Gasteiger partial charge is 0.298 e. The largest absolute Gasteiger partial charge is 0.489 e. The van der Waals surface area contributed by atoms with Crippen molar-refractivity contribution in [2.24, 2.45) is 21.1 Å². The molecule has 9 aromatic heterocycles. The first-order chi connectivity index (χ1) is 55.7. The Morgan fingerprint density at radius 1 is 0.443 bits per heavy atom. The summed E-state index contributed by atoms with van der Waals surface area (Å²) in [6, 6.07) is 31.4. The minimum absolute atomic E-state index is 0.0625. The van der Waals surface area contributed by atoms with Gasteiger partial charge in [0.2, 0.25) is 17.8 Å². The molecule has 586 valence electrons. The lowest BCUT2D eigenvalue weighted by molar-refractivity contribution is -0.113. The van der Waals surface area contributed by atoms with Gasteiger partial charge in [-0.05, 0) is 128 Å². The van der Waals surface area contributed by atoms with E-state index in [9.17, 15) is 37.5 Å². The highest BCUT2D eigenvalue weighted by molar-refractivity contribution is 7.08. The lowest BCUT2D eigenvalue weighted by Gasteiger charge is -2.45. The Kier molecular flexibility index (Phi) is 20.9. The maximum atomic E-state index is 13.3. The third kappa shape index (κ3) is 15.4. The molecule has 115 heavy (non-hydrogen) atoms. The molecule has 3 amide bonds. The first-order valence-electron chi connectivity index (χ1n) is 37.3. The van der Waals surface area contributed by atoms with Crippen molar-refractivity contribution in [1.82, 2.24) is 48.6 Å². The van der Waals surface area contributed by atoms with Gasteiger partial charge in [0, 0.05) is 179 Å². The fraction of sp³-hybridized carbons (Fsp3) is 0.265. The second kappa shape index (κ2) is 31.8. The number of rotatable bonds is 15. The van der Waals surface area contributed by atoms with Crippen molar-refractivity contribution in [2.75, 3.05) is 124 Å². The molecule has 0 aliphatic carbocycles. The monoisotopic (exact) mass is 1570 g/mol. The lowest BCUT2D eigenvalue weighted by Crippen LogP contribution is -2.57. The van der Waals surface area contributed by atoms with Gasteiger partial charge in [-0.2, -0.15) is 11.3 Å². The third-order valence-electron chi connectivity index (χ3n) is 21.4. The van der Waals surface area contributed by atoms with Gasteiger partial charge in [0.15, 0.2) is 11.6 Å². The summed E-state index contributed by atoms with van der Waals surface area (Å²) in [5.74, 6) is -0.774. The number of aromatic nitrogens is 10. The molecule has 3 atom stereocenters. The number of piperazine rings is 3. The van der Waals surface area contributed by atoms with Gasteiger partial charge >= 0.3 is 0 Å². The van der Waals surface area contributed by atoms with E-state index in [1.165, 1.54) is 42.4 Å². The van der Waals surface area contributed by atoms with Gasteiger partial charge in [-0.15, -0.1) is 0 Å². The minimum Gasteiger partial charge on any atom is -0.489 e. The molecule has 0 bridgehead atoms. The van der Waals surface area contributed by atoms with E-state index in [-0.39, 0.29) is 23.8 Å². The van der Waals surface area contributed by atoms with E-state index in [1.807, 2.05) is 115 Å². The molecule has 0 radical (unpaired) electrons. The van der Waals surface area contributed by atoms with Gasteiger partial charge in [0.05, 0.1) is 66.2 Å². The SMILES string of the molecule is Cc1cc(-c2ccco2)c(C(=O)C(=O)Nc2ccc3c(c2)OCC2CN(c4ncc(F)cn4)CCN32)n1C.Cc1cc(-c2ccsc2)c(C(=O)C(=O)Nc2ccc3c(c2)OCC2CN(c4ncc(F)cn4)CCN32)n1C.Cc1cnc(N2CCN3c4ccc(NC(=O)C(=O)c5c(-c6cccnc6)cc(C)n5C)cc4OCC3C2)nc1. The molecule has 6 aliphatic rings. The van der Waals surface area contributed by atoms with Gasteiger partial charge in [0.1, 0.15) is 59.9 Å². The van der Waals surface area contributed by atoms with Crippen molar-refractivity contribution in [3.63, 3.8) is 0 Å². The van der Waals surface area contributed by atoms with E-state index < -0.39 is 46.7 Å². The van der Waals surface area contributed by atoms with Crippen molar-refractivity contribution in [2.45, 2.75) is 45.8 Å². The van der Waals surface area contributed by atoms with E-state index in [4.69, 9.17) is 18.6 Å². The number of ketones is 3. The molecular formula is C83H79F2N19O10S. The number of benzene rings is 3. The molecule has 3 fully saturated rings. The summed E-state index contributed by atoms with van der Waals surface area (Å²) in [5, 5.41) is 12.1. The van der Waals surface area contributed by atoms with Crippen LogP contribution in [0.15, 0.2) is 174 Å². The Labute approximate surface area is 662 Å². The number of carbonyl (C=O) groups excluding carboxylic acids is 6. The molecule has 3 N–H and O–H groups in total. The number of anilines is 9. The molecule has 6 aliphatic heterocycles. The van der Waals surface area contributed by atoms with Crippen LogP contribution in [0.5, 0.6) is 17.2 Å². The summed E-state index contributed by atoms with van der Waals surface area (Å²) < 4.78 is 55.2. The molecule has 0 saturated carbocycles. The number of halogens is 2. The number of carbonyl (C=O) groups is 6. The quantitative estimate of drug-likeness (QED) is 0.0634. The highest BCUT2D eigenvalue weighted by Crippen LogP contribution is 2.42. The van der Waals surface area contributed by atoms with Crippen molar-refractivity contribution < 1.29 is 56.2 Å². The van der Waals surface area contributed by atoms with Crippen LogP contribution >= 0.6 is 11.3 Å². The first kappa shape index (κ1) is 75.4. The average molecular weight is 1570 g/mol. The number of Topliss-reactive ketones (excluding diaryl/α,β-unsaturated/α-hetero) is 3. The molecular weight excluding hydrogens is 1490 g/mol. The minimum atomic E-state index is -0.749. The zero-order valence-electron chi connectivity index (χ0n) is 63.8. The van der Waals surface area contributed by atoms with Crippen LogP contribution < -0.4 is 59.6 Å². The summed E-state index contributed by atoms with van der Waals surface area (Å²) >= 11 is 1.54. The summed E-state index contributed by atoms with van der Waals surface area (Å²) in [7, 11) is 5.31. The second-order valence-corrected chi connectivity index (χ2v) is 29.5. The number of nitrogens with zero attached hydrogens (tertiary/aromatic N) is 16. The zero-order chi connectivity index (χ0) is 79.9. The number of hydrogen-bond acceptors (Lipinski definition) is 24. The van der Waals surface area contributed by atoms with Crippen molar-refractivity contribution >= 4 is 98.4 Å². The number of hydrogen-bond donors (Lipinski definition) is 3. The number of ether oxygens (including phenoxy) is 3. The van der Waals surface area contributed by atoms with Crippen molar-refractivity contribution in [1.29, 1.82) is 0 Å². The van der Waals surface area contributed by atoms with Crippen LogP contribution in [0.2, 0.25) is 0 Å². The molecule has 32 heteroatoms. The third-order valence-corrected chi connectivity index (χ3v) is 22.1. The van der Waals surface area contributed by atoms with Crippen molar-refractivity contribution in [3.05, 3.63) is 221 Å². The van der Waals surface area contributed by atoms with Gasteiger partial charge < -0.3 is 77.7 Å². The molecule has 3 saturated heterocycles. The predicted octanol–water partition coefficient (Wildman–Crippen LogP) is 10.7. The van der Waals surface area contributed by atoms with Crippen LogP contribution in [0.25, 0.3) is 33.6 Å². The number of aryl methyl sites for hydroxylation is 4. The Hall–Kier alpha value is -13.7. The molecule has 15 heterocycles. The standard InChI is InChI=1S/C29H29N7O3.C27H25FN6O4.C27H25FN6O3S/c1-18-13-31-29(32-14-18)35-9-10-36-22(16-35)17-39-25-12-21(6-7-24(25)36)33-28(38)27(37)26-23(11-19(2)34(26)3)20-5-4-8-30-15-20;1-16-10-20(22-4-3-9-37-22)24(32(16)2)25(35)26(36)31-18-5-6-21-23(11-18)38-15-19-14-33(7-8-34(19)21)27-29-12-17(28)13-30-27;1-16-9-21(17-5-8-38-15-17)24(32(16)2)25(35)26(36)31-19-3-4-22-23(10-19)37-14-20-13-33(6-7-34(20)22)27-29-11-18(28)12-30-27/h4-8,11-15,22H,9-10,16-17H2,1-3H3,(H,33,38);3-6,9-13,19H,7-8,14-15H2,1-2H3,(H,31,36);3-5,8-12,15,20H,6-7,13-14H2,1-2H3,(H,31,36). The predicted molar refractivity (Wildman–Crippen MR) is 430 cm³/mol. The molecule has 0 spiro atoms. The summed E-state index contributed by atoms with van der Waals surface area (Å²) in [6.45, 7) is 15.4. The van der Waals surface area contributed by atoms with E-state index in [2.05, 4.69) is 70.4 Å². The fourth-order valence-corrected chi connectivity index (χ4v) is 15.9. The van der Waals surface area contributed by atoms with E-state index in [0.717, 1.165) is 82.0 Å². The van der Waals surface area contributed by atoms with Gasteiger partial charge in [-0.25, -0.2) is 38.7 Å². The highest BCUT2D eigenvalue weighted by Gasteiger charge is 2.39. The van der Waals surface area contributed by atoms with E-state index in [0.29, 0.717) is 134 Å². The number of pyridine rings is 1. The summed E-state index contributed by atoms with van der Waals surface area (Å²) in [5.41, 5.74) is 12.5. The maximum absolute atomic E-state index is 13.3. The van der Waals surface area contributed by atoms with Crippen LogP contribution in [0.4, 0.5) is 60.8 Å². The molecule has 12 aromatic rings. The van der Waals surface area contributed by atoms with Crippen molar-refractivity contribution in [3.8, 4) is 50.8 Å². The number of furan rings is 1. The number of thiophene rings is 1. The average Bonchev–Trinajstić information content (AvgIpc) is 1.70. The van der Waals surface area contributed by atoms with Gasteiger partial charge in [0.25, 0.3) is 35.1 Å². The molecule has 18 rings (SSSR count). The van der Waals surface area contributed by atoms with E-state index >= 15 is 0 Å². The molecule has 29 nitrogen and oxygen atoms in total. The molecule has 3 aromatic carbocycles. The van der Waals surface area contributed by atoms with Gasteiger partial charge in [-0.1, -0.05) is 6.07 Å². The number of fused-ring (bicyclic) bond motifs is 9. The topological polar surface area (TPSA) is 304 Å². The highest BCUT2D eigenvalue weighted by atomic mass is 32.1. The lowest BCUT2D eigenvalue weighted by atomic mass is 10.1. The van der Waals surface area contributed by atoms with Gasteiger partial charge in [-0.3, -0.25) is 33.8 Å². The first-order valence-corrected chi connectivity index (χ1v) is 38.2. The maximum Gasteiger partial charge on any atom is 0.298 e. The van der Waals surface area contributed by atoms with Crippen LogP contribution in [-0.2, 0) is 35.5 Å².